The van der Waals surface area contributed by atoms with Gasteiger partial charge in [-0.1, -0.05) is 57.7 Å². The van der Waals surface area contributed by atoms with E-state index in [1.165, 1.54) is 18.2 Å². The molecule has 0 radical (unpaired) electrons. The average molecular weight is 445 g/mol. The summed E-state index contributed by atoms with van der Waals surface area (Å²) in [6.07, 6.45) is 2.22. The predicted octanol–water partition coefficient (Wildman–Crippen LogP) is 4.89. The maximum atomic E-state index is 13.1. The first-order valence-electron chi connectivity index (χ1n) is 11.4. The SMILES string of the molecule is CC(C)CCn1c(COc2ccccc2)nnc1SC(C)C(=O)N1CC(C)CC(C)C1. The molecular formula is C24H36N4O2S. The van der Waals surface area contributed by atoms with E-state index in [4.69, 9.17) is 4.74 Å². The highest BCUT2D eigenvalue weighted by Crippen LogP contribution is 2.28. The summed E-state index contributed by atoms with van der Waals surface area (Å²) in [5, 5.41) is 9.43. The van der Waals surface area contributed by atoms with E-state index in [0.29, 0.717) is 24.4 Å². The maximum absolute atomic E-state index is 13.1. The summed E-state index contributed by atoms with van der Waals surface area (Å²) in [7, 11) is 0. The number of carbonyl (C=O) groups excluding carboxylic acids is 1. The zero-order valence-electron chi connectivity index (χ0n) is 19.5. The minimum absolute atomic E-state index is 0.192. The van der Waals surface area contributed by atoms with Crippen LogP contribution >= 0.6 is 11.8 Å². The third-order valence-electron chi connectivity index (χ3n) is 5.65. The molecule has 2 aromatic rings. The van der Waals surface area contributed by atoms with Crippen LogP contribution in [0.2, 0.25) is 0 Å². The Morgan fingerprint density at radius 1 is 1.13 bits per heavy atom. The Labute approximate surface area is 190 Å². The van der Waals surface area contributed by atoms with Gasteiger partial charge in [-0.15, -0.1) is 10.2 Å². The van der Waals surface area contributed by atoms with Gasteiger partial charge in [-0.25, -0.2) is 0 Å². The number of amides is 1. The molecule has 1 aliphatic heterocycles. The second-order valence-electron chi connectivity index (χ2n) is 9.28. The van der Waals surface area contributed by atoms with Crippen molar-refractivity contribution in [2.75, 3.05) is 13.1 Å². The third-order valence-corrected chi connectivity index (χ3v) is 6.71. The molecule has 7 heteroatoms. The minimum atomic E-state index is -0.192. The highest BCUT2D eigenvalue weighted by atomic mass is 32.2. The van der Waals surface area contributed by atoms with Crippen molar-refractivity contribution in [2.45, 2.75) is 71.0 Å². The lowest BCUT2D eigenvalue weighted by atomic mass is 9.92. The van der Waals surface area contributed by atoms with Crippen molar-refractivity contribution in [3.8, 4) is 5.75 Å². The minimum Gasteiger partial charge on any atom is -0.486 e. The molecule has 1 saturated heterocycles. The fraction of sp³-hybridized carbons (Fsp3) is 0.625. The van der Waals surface area contributed by atoms with Crippen LogP contribution in [0.25, 0.3) is 0 Å². The first-order valence-corrected chi connectivity index (χ1v) is 12.3. The highest BCUT2D eigenvalue weighted by molar-refractivity contribution is 8.00. The van der Waals surface area contributed by atoms with Crippen LogP contribution in [0.15, 0.2) is 35.5 Å². The zero-order valence-corrected chi connectivity index (χ0v) is 20.3. The second kappa shape index (κ2) is 11.0. The van der Waals surface area contributed by atoms with E-state index in [-0.39, 0.29) is 11.2 Å². The van der Waals surface area contributed by atoms with Crippen molar-refractivity contribution in [3.63, 3.8) is 0 Å². The molecule has 1 aromatic heterocycles. The topological polar surface area (TPSA) is 60.2 Å². The smallest absolute Gasteiger partial charge is 0.235 e. The molecule has 0 bridgehead atoms. The van der Waals surface area contributed by atoms with Gasteiger partial charge in [0.2, 0.25) is 5.91 Å². The monoisotopic (exact) mass is 444 g/mol. The average Bonchev–Trinajstić information content (AvgIpc) is 3.11. The molecule has 0 saturated carbocycles. The van der Waals surface area contributed by atoms with Crippen LogP contribution in [0.3, 0.4) is 0 Å². The molecule has 0 spiro atoms. The van der Waals surface area contributed by atoms with Crippen LogP contribution in [-0.4, -0.2) is 43.9 Å². The number of benzene rings is 1. The number of para-hydroxylation sites is 1. The maximum Gasteiger partial charge on any atom is 0.235 e. The number of hydrogen-bond acceptors (Lipinski definition) is 5. The van der Waals surface area contributed by atoms with Gasteiger partial charge in [0.25, 0.3) is 0 Å². The van der Waals surface area contributed by atoms with E-state index < -0.39 is 0 Å². The van der Waals surface area contributed by atoms with Crippen molar-refractivity contribution in [2.24, 2.45) is 17.8 Å². The molecule has 1 amide bonds. The Balaban J connectivity index is 1.70. The number of thioether (sulfide) groups is 1. The molecule has 2 heterocycles. The Kier molecular flexibility index (Phi) is 8.41. The van der Waals surface area contributed by atoms with Gasteiger partial charge in [0.05, 0.1) is 5.25 Å². The van der Waals surface area contributed by atoms with Crippen molar-refractivity contribution < 1.29 is 9.53 Å². The summed E-state index contributed by atoms with van der Waals surface area (Å²) in [6.45, 7) is 13.8. The zero-order chi connectivity index (χ0) is 22.4. The van der Waals surface area contributed by atoms with Crippen LogP contribution < -0.4 is 4.74 Å². The highest BCUT2D eigenvalue weighted by Gasteiger charge is 2.30. The van der Waals surface area contributed by atoms with E-state index in [1.807, 2.05) is 42.2 Å². The Bertz CT molecular complexity index is 829. The van der Waals surface area contributed by atoms with E-state index >= 15 is 0 Å². The lowest BCUT2D eigenvalue weighted by Gasteiger charge is -2.36. The molecule has 1 fully saturated rings. The van der Waals surface area contributed by atoms with Crippen molar-refractivity contribution in [1.29, 1.82) is 0 Å². The molecule has 1 aliphatic rings. The lowest BCUT2D eigenvalue weighted by molar-refractivity contribution is -0.132. The van der Waals surface area contributed by atoms with E-state index in [9.17, 15) is 4.79 Å². The molecular weight excluding hydrogens is 408 g/mol. The number of piperidine rings is 1. The van der Waals surface area contributed by atoms with Crippen LogP contribution in [0.4, 0.5) is 0 Å². The van der Waals surface area contributed by atoms with Gasteiger partial charge in [0, 0.05) is 19.6 Å². The standard InChI is InChI=1S/C24H36N4O2S/c1-17(2)11-12-28-22(16-30-21-9-7-6-8-10-21)25-26-24(28)31-20(5)23(29)27-14-18(3)13-19(4)15-27/h6-10,17-20H,11-16H2,1-5H3. The first-order chi connectivity index (χ1) is 14.8. The van der Waals surface area contributed by atoms with Gasteiger partial charge in [-0.3, -0.25) is 4.79 Å². The van der Waals surface area contributed by atoms with E-state index in [0.717, 1.165) is 42.8 Å². The molecule has 1 aromatic carbocycles. The number of ether oxygens (including phenoxy) is 1. The molecule has 3 rings (SSSR count). The first kappa shape index (κ1) is 23.6. The molecule has 3 unspecified atom stereocenters. The van der Waals surface area contributed by atoms with Gasteiger partial charge in [-0.05, 0) is 49.7 Å². The normalized spacial score (nSPS) is 20.1. The van der Waals surface area contributed by atoms with Crippen LogP contribution in [-0.2, 0) is 17.9 Å². The predicted molar refractivity (Wildman–Crippen MR) is 125 cm³/mol. The lowest BCUT2D eigenvalue weighted by Crippen LogP contribution is -2.45. The second-order valence-corrected chi connectivity index (χ2v) is 10.6. The molecule has 31 heavy (non-hydrogen) atoms. The number of rotatable bonds is 9. The van der Waals surface area contributed by atoms with Gasteiger partial charge in [0.15, 0.2) is 11.0 Å². The third kappa shape index (κ3) is 6.73. The number of hydrogen-bond donors (Lipinski definition) is 0. The molecule has 170 valence electrons. The van der Waals surface area contributed by atoms with Crippen LogP contribution in [0, 0.1) is 17.8 Å². The number of nitrogens with zero attached hydrogens (tertiary/aromatic N) is 4. The number of carbonyl (C=O) groups is 1. The van der Waals surface area contributed by atoms with E-state index in [1.54, 1.807) is 0 Å². The van der Waals surface area contributed by atoms with Gasteiger partial charge < -0.3 is 14.2 Å². The quantitative estimate of drug-likeness (QED) is 0.516. The summed E-state index contributed by atoms with van der Waals surface area (Å²) >= 11 is 1.51. The molecule has 3 atom stereocenters. The van der Waals surface area contributed by atoms with Crippen LogP contribution in [0.1, 0.15) is 53.3 Å². The fourth-order valence-electron chi connectivity index (χ4n) is 4.10. The van der Waals surface area contributed by atoms with Crippen molar-refractivity contribution in [3.05, 3.63) is 36.2 Å². The van der Waals surface area contributed by atoms with Gasteiger partial charge in [0.1, 0.15) is 12.4 Å². The van der Waals surface area contributed by atoms with Crippen molar-refractivity contribution in [1.82, 2.24) is 19.7 Å². The summed E-state index contributed by atoms with van der Waals surface area (Å²) < 4.78 is 8.04. The molecule has 0 N–H and O–H groups in total. The molecule has 0 aliphatic carbocycles. The van der Waals surface area contributed by atoms with Crippen molar-refractivity contribution >= 4 is 17.7 Å². The fourth-order valence-corrected chi connectivity index (χ4v) is 5.08. The van der Waals surface area contributed by atoms with Crippen LogP contribution in [0.5, 0.6) is 5.75 Å². The summed E-state index contributed by atoms with van der Waals surface area (Å²) in [4.78, 5) is 15.1. The Morgan fingerprint density at radius 3 is 2.45 bits per heavy atom. The van der Waals surface area contributed by atoms with Gasteiger partial charge >= 0.3 is 0 Å². The largest absolute Gasteiger partial charge is 0.486 e. The van der Waals surface area contributed by atoms with Gasteiger partial charge in [-0.2, -0.15) is 0 Å². The van der Waals surface area contributed by atoms with E-state index in [2.05, 4.69) is 42.5 Å². The summed E-state index contributed by atoms with van der Waals surface area (Å²) in [5.41, 5.74) is 0. The Morgan fingerprint density at radius 2 is 1.81 bits per heavy atom. The molecule has 6 nitrogen and oxygen atoms in total. The summed E-state index contributed by atoms with van der Waals surface area (Å²) in [6, 6.07) is 9.75. The Hall–Kier alpha value is -2.02. The summed E-state index contributed by atoms with van der Waals surface area (Å²) in [5.74, 6) is 3.49. The number of likely N-dealkylation sites (tertiary alicyclic amines) is 1. The number of aromatic nitrogens is 3.